The molecule has 0 aliphatic heterocycles. The van der Waals surface area contributed by atoms with Crippen molar-refractivity contribution in [2.45, 2.75) is 103 Å². The van der Waals surface area contributed by atoms with Crippen molar-refractivity contribution in [1.82, 2.24) is 10.6 Å². The quantitative estimate of drug-likeness (QED) is 0.569. The molecule has 2 fully saturated rings. The number of hydrogen-bond donors (Lipinski definition) is 4. The van der Waals surface area contributed by atoms with Crippen molar-refractivity contribution in [3.05, 3.63) is 0 Å². The van der Waals surface area contributed by atoms with Gasteiger partial charge < -0.3 is 20.8 Å². The smallest absolute Gasteiger partial charge is 0.309 e. The summed E-state index contributed by atoms with van der Waals surface area (Å²) in [6.07, 6.45) is 4.35. The summed E-state index contributed by atoms with van der Waals surface area (Å²) in [6.45, 7) is 11.7. The third-order valence-electron chi connectivity index (χ3n) is 6.00. The van der Waals surface area contributed by atoms with Gasteiger partial charge in [0.05, 0.1) is 23.3 Å². The summed E-state index contributed by atoms with van der Waals surface area (Å²) in [7, 11) is 0. The van der Waals surface area contributed by atoms with Crippen LogP contribution in [0.5, 0.6) is 0 Å². The van der Waals surface area contributed by atoms with Gasteiger partial charge in [0.25, 0.3) is 0 Å². The van der Waals surface area contributed by atoms with Gasteiger partial charge in [0.1, 0.15) is 0 Å². The molecule has 4 N–H and O–H groups in total. The van der Waals surface area contributed by atoms with Crippen LogP contribution in [-0.4, -0.2) is 45.3 Å². The molecule has 0 saturated heterocycles. The molecule has 150 valence electrons. The molecule has 2 aliphatic rings. The summed E-state index contributed by atoms with van der Waals surface area (Å²) in [4.78, 5) is 25.1. The van der Waals surface area contributed by atoms with Crippen molar-refractivity contribution >= 4 is 11.8 Å². The van der Waals surface area contributed by atoms with Crippen molar-refractivity contribution < 1.29 is 19.8 Å². The van der Waals surface area contributed by atoms with Gasteiger partial charge in [-0.25, -0.2) is 0 Å². The van der Waals surface area contributed by atoms with Crippen LogP contribution in [0.15, 0.2) is 0 Å². The maximum Gasteiger partial charge on any atom is 0.309 e. The third-order valence-corrected chi connectivity index (χ3v) is 6.00. The Morgan fingerprint density at radius 3 is 1.15 bits per heavy atom. The van der Waals surface area contributed by atoms with E-state index in [0.717, 1.165) is 12.8 Å². The zero-order chi connectivity index (χ0) is 20.0. The predicted octanol–water partition coefficient (Wildman–Crippen LogP) is 1.88. The molecule has 0 radical (unpaired) electrons. The van der Waals surface area contributed by atoms with Crippen LogP contribution in [0.4, 0.5) is 0 Å². The maximum atomic E-state index is 12.6. The minimum Gasteiger partial charge on any atom is -0.388 e. The van der Waals surface area contributed by atoms with Crippen LogP contribution in [0.1, 0.15) is 80.1 Å². The van der Waals surface area contributed by atoms with Gasteiger partial charge in [-0.05, 0) is 49.4 Å². The molecule has 2 rings (SSSR count). The van der Waals surface area contributed by atoms with E-state index in [2.05, 4.69) is 10.6 Å². The Hall–Kier alpha value is -1.14. The molecule has 0 aromatic heterocycles. The Labute approximate surface area is 157 Å². The lowest BCUT2D eigenvalue weighted by molar-refractivity contribution is -0.149. The van der Waals surface area contributed by atoms with Crippen molar-refractivity contribution in [1.29, 1.82) is 0 Å². The van der Waals surface area contributed by atoms with E-state index in [0.29, 0.717) is 25.7 Å². The number of nitrogens with one attached hydrogen (secondary N) is 2. The monoisotopic (exact) mass is 368 g/mol. The number of hydrogen-bond acceptors (Lipinski definition) is 4. The van der Waals surface area contributed by atoms with E-state index >= 15 is 0 Å². The van der Waals surface area contributed by atoms with Gasteiger partial charge in [-0.3, -0.25) is 9.59 Å². The van der Waals surface area contributed by atoms with E-state index in [9.17, 15) is 19.8 Å². The van der Waals surface area contributed by atoms with Crippen molar-refractivity contribution in [3.8, 4) is 0 Å². The minimum absolute atomic E-state index is 0.374. The van der Waals surface area contributed by atoms with Gasteiger partial charge >= 0.3 is 11.8 Å². The van der Waals surface area contributed by atoms with Crippen molar-refractivity contribution in [2.75, 3.05) is 0 Å². The normalized spacial score (nSPS) is 23.8. The van der Waals surface area contributed by atoms with Crippen LogP contribution < -0.4 is 10.6 Å². The first-order valence-corrected chi connectivity index (χ1v) is 9.75. The molecule has 0 heterocycles. The molecule has 2 atom stereocenters. The highest BCUT2D eigenvalue weighted by Crippen LogP contribution is 2.42. The van der Waals surface area contributed by atoms with Crippen LogP contribution in [0, 0.1) is 10.8 Å². The number of amides is 2. The van der Waals surface area contributed by atoms with Crippen LogP contribution in [0.3, 0.4) is 0 Å². The van der Waals surface area contributed by atoms with Crippen LogP contribution >= 0.6 is 0 Å². The maximum absolute atomic E-state index is 12.6. The molecule has 0 unspecified atom stereocenters. The minimum atomic E-state index is -0.955. The van der Waals surface area contributed by atoms with Crippen LogP contribution in [0.25, 0.3) is 0 Å². The molecule has 0 aromatic rings. The van der Waals surface area contributed by atoms with Gasteiger partial charge in [0, 0.05) is 0 Å². The molecule has 2 amide bonds. The number of carbonyl (C=O) groups excluding carboxylic acids is 2. The van der Waals surface area contributed by atoms with E-state index < -0.39 is 35.1 Å². The zero-order valence-electron chi connectivity index (χ0n) is 17.1. The molecule has 2 aliphatic carbocycles. The fourth-order valence-corrected chi connectivity index (χ4v) is 4.36. The summed E-state index contributed by atoms with van der Waals surface area (Å²) in [6, 6.07) is -0.997. The fraction of sp³-hybridized carbons (Fsp3) is 0.900. The van der Waals surface area contributed by atoms with Gasteiger partial charge in [-0.15, -0.1) is 0 Å². The lowest BCUT2D eigenvalue weighted by atomic mass is 9.66. The Kier molecular flexibility index (Phi) is 5.52. The van der Waals surface area contributed by atoms with E-state index in [1.165, 1.54) is 0 Å². The molecular formula is C20H36N2O4. The summed E-state index contributed by atoms with van der Waals surface area (Å²) >= 11 is 0. The molecule has 0 spiro atoms. The highest BCUT2D eigenvalue weighted by molar-refractivity contribution is 6.35. The van der Waals surface area contributed by atoms with Gasteiger partial charge in [0.15, 0.2) is 0 Å². The predicted molar refractivity (Wildman–Crippen MR) is 100 cm³/mol. The topological polar surface area (TPSA) is 98.7 Å². The molecule has 0 aromatic carbocycles. The Morgan fingerprint density at radius 2 is 1.00 bits per heavy atom. The standard InChI is InChI=1S/C20H36N2O4/c1-17(2,3)15(19(25)9-7-10-19)21-13(23)14(24)22-16(18(4,5)6)20(26)11-8-12-20/h15-16,25-26H,7-12H2,1-6H3,(H,21,23)(H,22,24)/t15-,16-/m1/s1. The number of aliphatic hydroxyl groups is 2. The summed E-state index contributed by atoms with van der Waals surface area (Å²) in [5.74, 6) is -1.50. The first kappa shape index (κ1) is 21.2. The van der Waals surface area contributed by atoms with Crippen LogP contribution in [0.2, 0.25) is 0 Å². The Balaban J connectivity index is 2.09. The second-order valence-electron chi connectivity index (χ2n) is 10.5. The highest BCUT2D eigenvalue weighted by Gasteiger charge is 2.50. The number of carbonyl (C=O) groups is 2. The first-order chi connectivity index (χ1) is 11.7. The van der Waals surface area contributed by atoms with Gasteiger partial charge in [-0.2, -0.15) is 0 Å². The van der Waals surface area contributed by atoms with E-state index in [4.69, 9.17) is 0 Å². The number of rotatable bonds is 4. The van der Waals surface area contributed by atoms with E-state index in [1.807, 2.05) is 41.5 Å². The Morgan fingerprint density at radius 1 is 0.731 bits per heavy atom. The Bertz CT molecular complexity index is 501. The second kappa shape index (κ2) is 6.79. The van der Waals surface area contributed by atoms with Crippen molar-refractivity contribution in [3.63, 3.8) is 0 Å². The SMILES string of the molecule is CC(C)(C)[C@@H](NC(=O)C(=O)N[C@H](C(C)(C)C)C1(O)CCC1)C1(O)CCC1. The zero-order valence-corrected chi connectivity index (χ0v) is 17.1. The van der Waals surface area contributed by atoms with Crippen LogP contribution in [-0.2, 0) is 9.59 Å². The summed E-state index contributed by atoms with van der Waals surface area (Å²) < 4.78 is 0. The van der Waals surface area contributed by atoms with E-state index in [1.54, 1.807) is 0 Å². The third kappa shape index (κ3) is 4.22. The average Bonchev–Trinajstić information content (AvgIpc) is 2.42. The van der Waals surface area contributed by atoms with E-state index in [-0.39, 0.29) is 10.8 Å². The molecule has 26 heavy (non-hydrogen) atoms. The average molecular weight is 369 g/mol. The summed E-state index contributed by atoms with van der Waals surface area (Å²) in [5, 5.41) is 27.0. The van der Waals surface area contributed by atoms with Crippen molar-refractivity contribution in [2.24, 2.45) is 10.8 Å². The molecular weight excluding hydrogens is 332 g/mol. The molecule has 6 nitrogen and oxygen atoms in total. The highest BCUT2D eigenvalue weighted by atomic mass is 16.3. The molecule has 6 heteroatoms. The molecule has 0 bridgehead atoms. The van der Waals surface area contributed by atoms with Gasteiger partial charge in [-0.1, -0.05) is 41.5 Å². The first-order valence-electron chi connectivity index (χ1n) is 9.75. The fourth-order valence-electron chi connectivity index (χ4n) is 4.36. The summed E-state index contributed by atoms with van der Waals surface area (Å²) in [5.41, 5.74) is -2.66. The molecule has 2 saturated carbocycles. The lowest BCUT2D eigenvalue weighted by Crippen LogP contribution is -2.66. The second-order valence-corrected chi connectivity index (χ2v) is 10.5. The lowest BCUT2D eigenvalue weighted by Gasteiger charge is -2.50. The van der Waals surface area contributed by atoms with Gasteiger partial charge in [0.2, 0.25) is 0 Å². The largest absolute Gasteiger partial charge is 0.388 e.